The van der Waals surface area contributed by atoms with Gasteiger partial charge in [0, 0.05) is 18.7 Å². The van der Waals surface area contributed by atoms with Crippen molar-refractivity contribution in [2.45, 2.75) is 26.7 Å². The van der Waals surface area contributed by atoms with Crippen molar-refractivity contribution in [2.24, 2.45) is 5.10 Å². The molecule has 0 radical (unpaired) electrons. The van der Waals surface area contributed by atoms with Crippen LogP contribution in [-0.4, -0.2) is 73.8 Å². The van der Waals surface area contributed by atoms with Crippen molar-refractivity contribution in [1.82, 2.24) is 14.6 Å². The molecule has 1 amide bonds. The van der Waals surface area contributed by atoms with E-state index in [-0.39, 0.29) is 34.8 Å². The molecule has 1 aliphatic heterocycles. The first kappa shape index (κ1) is 31.0. The number of ether oxygens (including phenoxy) is 4. The van der Waals surface area contributed by atoms with E-state index in [0.29, 0.717) is 54.3 Å². The molecule has 0 unspecified atom stereocenters. The number of hydrogen-bond acceptors (Lipinski definition) is 8. The number of morpholine rings is 1. The van der Waals surface area contributed by atoms with Crippen molar-refractivity contribution in [1.29, 1.82) is 0 Å². The molecular weight excluding hydrogens is 584 g/mol. The Morgan fingerprint density at radius 3 is 2.52 bits per heavy atom. The Balaban J connectivity index is 1.53. The van der Waals surface area contributed by atoms with E-state index in [4.69, 9.17) is 35.5 Å². The number of amides is 1. The molecule has 2 heterocycles. The van der Waals surface area contributed by atoms with Crippen LogP contribution in [-0.2, 0) is 9.53 Å². The van der Waals surface area contributed by atoms with Crippen LogP contribution < -0.4 is 19.8 Å². The molecule has 0 saturated carbocycles. The highest BCUT2D eigenvalue weighted by Gasteiger charge is 2.21. The number of para-hydroxylation sites is 1. The molecule has 1 fully saturated rings. The van der Waals surface area contributed by atoms with E-state index in [1.807, 2.05) is 31.2 Å². The summed E-state index contributed by atoms with van der Waals surface area (Å²) in [6.45, 7) is 7.95. The Labute approximate surface area is 260 Å². The minimum Gasteiger partial charge on any atom is -0.496 e. The Kier molecular flexibility index (Phi) is 9.51. The van der Waals surface area contributed by atoms with Crippen molar-refractivity contribution in [2.75, 3.05) is 47.1 Å². The molecule has 0 aliphatic carbocycles. The molecule has 0 atom stereocenters. The molecule has 1 aliphatic rings. The maximum absolute atomic E-state index is 13.8. The first-order valence-electron chi connectivity index (χ1n) is 14.3. The van der Waals surface area contributed by atoms with E-state index in [1.165, 1.54) is 18.0 Å². The van der Waals surface area contributed by atoms with Gasteiger partial charge in [-0.25, -0.2) is 4.98 Å². The molecule has 4 aromatic rings. The minimum atomic E-state index is -0.317. The lowest BCUT2D eigenvalue weighted by molar-refractivity contribution is -0.137. The van der Waals surface area contributed by atoms with Crippen LogP contribution in [0.2, 0.25) is 5.02 Å². The predicted molar refractivity (Wildman–Crippen MR) is 171 cm³/mol. The SMILES string of the molecule is COc1cc(C)c(-c2nc3ccccc3c(=O)n2N=Cc2cc(Cl)c(OCC(=O)N3CCOCC3)c(OC)c2)cc1C(C)C. The molecule has 0 bridgehead atoms. The summed E-state index contributed by atoms with van der Waals surface area (Å²) in [4.78, 5) is 32.9. The normalized spacial score (nSPS) is 13.6. The number of methoxy groups -OCH3 is 2. The number of carbonyl (C=O) groups is 1. The monoisotopic (exact) mass is 618 g/mol. The standard InChI is InChI=1S/C33H35ClN4O6/c1-20(2)24-17-25(21(3)14-28(24)41-4)32-36-27-9-7-6-8-23(27)33(40)38(32)35-18-22-15-26(34)31(29(16-22)42-5)44-19-30(39)37-10-12-43-13-11-37/h6-9,14-18,20H,10-13,19H2,1-5H3. The third-order valence-electron chi connectivity index (χ3n) is 7.47. The van der Waals surface area contributed by atoms with Gasteiger partial charge in [0.1, 0.15) is 5.75 Å². The van der Waals surface area contributed by atoms with Gasteiger partial charge in [0.05, 0.1) is 49.6 Å². The zero-order chi connectivity index (χ0) is 31.4. The average molecular weight is 619 g/mol. The second-order valence-corrected chi connectivity index (χ2v) is 11.1. The minimum absolute atomic E-state index is 0.165. The molecular formula is C33H35ClN4O6. The van der Waals surface area contributed by atoms with Crippen LogP contribution in [0.25, 0.3) is 22.3 Å². The second-order valence-electron chi connectivity index (χ2n) is 10.7. The first-order chi connectivity index (χ1) is 21.2. The molecule has 11 heteroatoms. The molecule has 1 saturated heterocycles. The molecule has 0 N–H and O–H groups in total. The molecule has 10 nitrogen and oxygen atoms in total. The number of nitrogens with zero attached hydrogens (tertiary/aromatic N) is 4. The number of rotatable bonds is 9. The van der Waals surface area contributed by atoms with Crippen LogP contribution in [0.5, 0.6) is 17.2 Å². The van der Waals surface area contributed by atoms with E-state index in [0.717, 1.165) is 22.4 Å². The third-order valence-corrected chi connectivity index (χ3v) is 7.75. The van der Waals surface area contributed by atoms with Gasteiger partial charge in [-0.15, -0.1) is 0 Å². The number of aryl methyl sites for hydroxylation is 1. The van der Waals surface area contributed by atoms with E-state index in [9.17, 15) is 9.59 Å². The highest BCUT2D eigenvalue weighted by atomic mass is 35.5. The number of aromatic nitrogens is 2. The maximum atomic E-state index is 13.8. The topological polar surface area (TPSA) is 104 Å². The zero-order valence-electron chi connectivity index (χ0n) is 25.4. The lowest BCUT2D eigenvalue weighted by atomic mass is 9.96. The van der Waals surface area contributed by atoms with Crippen molar-refractivity contribution in [3.63, 3.8) is 0 Å². The lowest BCUT2D eigenvalue weighted by Crippen LogP contribution is -2.43. The van der Waals surface area contributed by atoms with Crippen LogP contribution in [0.3, 0.4) is 0 Å². The predicted octanol–water partition coefficient (Wildman–Crippen LogP) is 5.29. The first-order valence-corrected chi connectivity index (χ1v) is 14.7. The summed E-state index contributed by atoms with van der Waals surface area (Å²) >= 11 is 6.59. The van der Waals surface area contributed by atoms with E-state index < -0.39 is 0 Å². The Morgan fingerprint density at radius 1 is 1.09 bits per heavy atom. The van der Waals surface area contributed by atoms with Gasteiger partial charge in [-0.1, -0.05) is 37.6 Å². The Bertz CT molecular complexity index is 1780. The highest BCUT2D eigenvalue weighted by Crippen LogP contribution is 2.37. The van der Waals surface area contributed by atoms with Crippen LogP contribution in [0.1, 0.15) is 36.5 Å². The van der Waals surface area contributed by atoms with Gasteiger partial charge in [0.25, 0.3) is 11.5 Å². The molecule has 44 heavy (non-hydrogen) atoms. The maximum Gasteiger partial charge on any atom is 0.282 e. The summed E-state index contributed by atoms with van der Waals surface area (Å²) in [7, 11) is 3.13. The largest absolute Gasteiger partial charge is 0.496 e. The van der Waals surface area contributed by atoms with E-state index in [2.05, 4.69) is 18.9 Å². The molecule has 5 rings (SSSR count). The summed E-state index contributed by atoms with van der Waals surface area (Å²) in [5, 5.41) is 5.27. The van der Waals surface area contributed by atoms with Gasteiger partial charge >= 0.3 is 0 Å². The smallest absolute Gasteiger partial charge is 0.282 e. The van der Waals surface area contributed by atoms with Gasteiger partial charge in [-0.05, 0) is 65.9 Å². The Morgan fingerprint density at radius 2 is 1.82 bits per heavy atom. The second kappa shape index (κ2) is 13.5. The number of carbonyl (C=O) groups excluding carboxylic acids is 1. The fourth-order valence-electron chi connectivity index (χ4n) is 5.09. The number of hydrogen-bond donors (Lipinski definition) is 0. The van der Waals surface area contributed by atoms with Crippen LogP contribution in [0, 0.1) is 6.92 Å². The van der Waals surface area contributed by atoms with Crippen LogP contribution in [0.4, 0.5) is 0 Å². The van der Waals surface area contributed by atoms with Gasteiger partial charge in [-0.3, -0.25) is 9.59 Å². The molecule has 3 aromatic carbocycles. The van der Waals surface area contributed by atoms with Gasteiger partial charge in [0.2, 0.25) is 0 Å². The fraction of sp³-hybridized carbons (Fsp3) is 0.333. The van der Waals surface area contributed by atoms with Crippen molar-refractivity contribution < 1.29 is 23.7 Å². The molecule has 0 spiro atoms. The highest BCUT2D eigenvalue weighted by molar-refractivity contribution is 6.32. The summed E-state index contributed by atoms with van der Waals surface area (Å²) in [5.74, 6) is 1.75. The third kappa shape index (κ3) is 6.41. The van der Waals surface area contributed by atoms with E-state index >= 15 is 0 Å². The summed E-state index contributed by atoms with van der Waals surface area (Å²) in [6, 6.07) is 14.4. The zero-order valence-corrected chi connectivity index (χ0v) is 26.2. The van der Waals surface area contributed by atoms with Crippen molar-refractivity contribution >= 4 is 34.6 Å². The molecule has 1 aromatic heterocycles. The van der Waals surface area contributed by atoms with Crippen molar-refractivity contribution in [3.8, 4) is 28.6 Å². The summed E-state index contributed by atoms with van der Waals surface area (Å²) in [5.41, 5.74) is 3.44. The van der Waals surface area contributed by atoms with Crippen LogP contribution in [0.15, 0.2) is 58.4 Å². The lowest BCUT2D eigenvalue weighted by Gasteiger charge is -2.26. The fourth-order valence-corrected chi connectivity index (χ4v) is 5.36. The van der Waals surface area contributed by atoms with E-state index in [1.54, 1.807) is 36.3 Å². The summed E-state index contributed by atoms with van der Waals surface area (Å²) < 4.78 is 23.6. The van der Waals surface area contributed by atoms with Gasteiger partial charge in [-0.2, -0.15) is 9.78 Å². The van der Waals surface area contributed by atoms with Crippen LogP contribution >= 0.6 is 11.6 Å². The number of fused-ring (bicyclic) bond motifs is 1. The number of halogens is 1. The quantitative estimate of drug-likeness (QED) is 0.235. The van der Waals surface area contributed by atoms with Gasteiger partial charge in [0.15, 0.2) is 23.9 Å². The van der Waals surface area contributed by atoms with Gasteiger partial charge < -0.3 is 23.8 Å². The van der Waals surface area contributed by atoms with Crippen molar-refractivity contribution in [3.05, 3.63) is 80.6 Å². The molecule has 230 valence electrons. The Hall–Kier alpha value is -4.41. The number of benzene rings is 3. The average Bonchev–Trinajstić information content (AvgIpc) is 3.03. The summed E-state index contributed by atoms with van der Waals surface area (Å²) in [6.07, 6.45) is 1.51.